The fourth-order valence-electron chi connectivity index (χ4n) is 3.31. The summed E-state index contributed by atoms with van der Waals surface area (Å²) in [6.07, 6.45) is 0.408. The molecular weight excluding hydrogens is 340 g/mol. The van der Waals surface area contributed by atoms with Crippen molar-refractivity contribution in [2.24, 2.45) is 0 Å². The molecule has 0 bridgehead atoms. The molecule has 0 saturated heterocycles. The Morgan fingerprint density at radius 1 is 1.07 bits per heavy atom. The van der Waals surface area contributed by atoms with Gasteiger partial charge in [0.15, 0.2) is 6.10 Å². The van der Waals surface area contributed by atoms with E-state index >= 15 is 0 Å². The zero-order chi connectivity index (χ0) is 19.2. The number of anilines is 1. The van der Waals surface area contributed by atoms with Crippen LogP contribution in [0.4, 0.5) is 5.69 Å². The maximum absolute atomic E-state index is 12.7. The first-order chi connectivity index (χ1) is 13.1. The highest BCUT2D eigenvalue weighted by Gasteiger charge is 2.33. The van der Waals surface area contributed by atoms with Crippen LogP contribution < -0.4 is 9.64 Å². The van der Waals surface area contributed by atoms with Crippen molar-refractivity contribution in [3.63, 3.8) is 0 Å². The van der Waals surface area contributed by atoms with E-state index < -0.39 is 6.10 Å². The molecule has 1 atom stereocenters. The number of carbonyl (C=O) groups is 2. The van der Waals surface area contributed by atoms with Gasteiger partial charge in [0, 0.05) is 26.1 Å². The number of hydrogen-bond acceptors (Lipinski definition) is 3. The molecule has 1 heterocycles. The zero-order valence-corrected chi connectivity index (χ0v) is 15.9. The molecule has 2 aromatic rings. The molecule has 0 aromatic heterocycles. The van der Waals surface area contributed by atoms with E-state index in [2.05, 4.69) is 0 Å². The van der Waals surface area contributed by atoms with Gasteiger partial charge in [-0.2, -0.15) is 0 Å². The topological polar surface area (TPSA) is 49.9 Å². The average Bonchev–Trinajstić information content (AvgIpc) is 2.71. The summed E-state index contributed by atoms with van der Waals surface area (Å²) in [5, 5.41) is 0. The molecule has 0 aliphatic carbocycles. The summed E-state index contributed by atoms with van der Waals surface area (Å²) in [7, 11) is 0. The van der Waals surface area contributed by atoms with Crippen molar-refractivity contribution in [3.05, 3.63) is 60.2 Å². The number of nitrogens with zero attached hydrogens (tertiary/aromatic N) is 2. The molecule has 2 amide bonds. The second-order valence-electron chi connectivity index (χ2n) is 6.62. The highest BCUT2D eigenvalue weighted by Crippen LogP contribution is 2.34. The van der Waals surface area contributed by atoms with E-state index in [0.29, 0.717) is 31.8 Å². The van der Waals surface area contributed by atoms with E-state index in [4.69, 9.17) is 4.74 Å². The van der Waals surface area contributed by atoms with Gasteiger partial charge < -0.3 is 14.5 Å². The Kier molecular flexibility index (Phi) is 6.12. The molecule has 3 rings (SSSR count). The highest BCUT2D eigenvalue weighted by atomic mass is 16.5. The van der Waals surface area contributed by atoms with Gasteiger partial charge in [-0.1, -0.05) is 49.4 Å². The largest absolute Gasteiger partial charge is 0.478 e. The van der Waals surface area contributed by atoms with Crippen LogP contribution in [0.2, 0.25) is 0 Å². The number of fused-ring (bicyclic) bond motifs is 1. The van der Waals surface area contributed by atoms with Crippen molar-refractivity contribution in [3.8, 4) is 5.75 Å². The van der Waals surface area contributed by atoms with Crippen molar-refractivity contribution in [1.82, 2.24) is 4.90 Å². The Labute approximate surface area is 160 Å². The smallest absolute Gasteiger partial charge is 0.268 e. The summed E-state index contributed by atoms with van der Waals surface area (Å²) in [4.78, 5) is 29.0. The van der Waals surface area contributed by atoms with Crippen LogP contribution in [0.25, 0.3) is 0 Å². The fourth-order valence-corrected chi connectivity index (χ4v) is 3.31. The van der Waals surface area contributed by atoms with Crippen LogP contribution in [0.5, 0.6) is 5.75 Å². The fraction of sp³-hybridized carbons (Fsp3) is 0.364. The van der Waals surface area contributed by atoms with Gasteiger partial charge in [-0.25, -0.2) is 0 Å². The average molecular weight is 366 g/mol. The maximum atomic E-state index is 12.7. The second-order valence-corrected chi connectivity index (χ2v) is 6.62. The summed E-state index contributed by atoms with van der Waals surface area (Å²) in [6, 6.07) is 17.5. The van der Waals surface area contributed by atoms with E-state index in [0.717, 1.165) is 11.3 Å². The predicted molar refractivity (Wildman–Crippen MR) is 106 cm³/mol. The van der Waals surface area contributed by atoms with Crippen LogP contribution in [0.1, 0.15) is 32.3 Å². The van der Waals surface area contributed by atoms with Crippen molar-refractivity contribution >= 4 is 17.5 Å². The summed E-state index contributed by atoms with van der Waals surface area (Å²) in [5.41, 5.74) is 1.85. The number of amides is 2. The lowest BCUT2D eigenvalue weighted by Gasteiger charge is -2.34. The van der Waals surface area contributed by atoms with Crippen molar-refractivity contribution in [1.29, 1.82) is 0 Å². The van der Waals surface area contributed by atoms with Gasteiger partial charge in [-0.15, -0.1) is 0 Å². The standard InChI is InChI=1S/C22H26N2O3/c1-3-19-22(26)24(18-12-8-9-13-20(18)27-19)15-14-21(25)23(4-2)16-17-10-6-5-7-11-17/h5-13,19H,3-4,14-16H2,1-2H3. The van der Waals surface area contributed by atoms with Crippen molar-refractivity contribution in [2.45, 2.75) is 39.3 Å². The minimum atomic E-state index is -0.485. The SMILES string of the molecule is CCC1Oc2ccccc2N(CCC(=O)N(CC)Cc2ccccc2)C1=O. The molecule has 0 N–H and O–H groups in total. The number of hydrogen-bond donors (Lipinski definition) is 0. The second kappa shape index (κ2) is 8.71. The maximum Gasteiger partial charge on any atom is 0.268 e. The lowest BCUT2D eigenvalue weighted by Crippen LogP contribution is -2.47. The molecule has 142 valence electrons. The Morgan fingerprint density at radius 2 is 1.78 bits per heavy atom. The van der Waals surface area contributed by atoms with E-state index in [9.17, 15) is 9.59 Å². The zero-order valence-electron chi connectivity index (χ0n) is 15.9. The molecule has 0 fully saturated rings. The third kappa shape index (κ3) is 4.30. The molecule has 1 aliphatic rings. The summed E-state index contributed by atoms with van der Waals surface area (Å²) < 4.78 is 5.79. The Hall–Kier alpha value is -2.82. The molecule has 2 aromatic carbocycles. The van der Waals surface area contributed by atoms with Gasteiger partial charge in [0.1, 0.15) is 5.75 Å². The minimum Gasteiger partial charge on any atom is -0.478 e. The number of carbonyl (C=O) groups excluding carboxylic acids is 2. The third-order valence-electron chi connectivity index (χ3n) is 4.84. The lowest BCUT2D eigenvalue weighted by molar-refractivity contribution is -0.131. The van der Waals surface area contributed by atoms with Gasteiger partial charge in [0.25, 0.3) is 5.91 Å². The first kappa shape index (κ1) is 19.0. The van der Waals surface area contributed by atoms with Gasteiger partial charge >= 0.3 is 0 Å². The summed E-state index contributed by atoms with van der Waals surface area (Å²) in [6.45, 7) is 5.49. The van der Waals surface area contributed by atoms with Gasteiger partial charge in [0.05, 0.1) is 5.69 Å². The van der Waals surface area contributed by atoms with Crippen LogP contribution in [0.3, 0.4) is 0 Å². The van der Waals surface area contributed by atoms with Crippen LogP contribution >= 0.6 is 0 Å². The van der Waals surface area contributed by atoms with Crippen LogP contribution in [-0.2, 0) is 16.1 Å². The number of benzene rings is 2. The van der Waals surface area contributed by atoms with Crippen LogP contribution in [0, 0.1) is 0 Å². The Morgan fingerprint density at radius 3 is 2.48 bits per heavy atom. The summed E-state index contributed by atoms with van der Waals surface area (Å²) in [5.74, 6) is 0.675. The van der Waals surface area contributed by atoms with Crippen molar-refractivity contribution in [2.75, 3.05) is 18.0 Å². The van der Waals surface area contributed by atoms with E-state index in [1.54, 1.807) is 4.90 Å². The van der Waals surface area contributed by atoms with Crippen LogP contribution in [0.15, 0.2) is 54.6 Å². The molecule has 1 aliphatic heterocycles. The molecule has 0 saturated carbocycles. The molecule has 1 unspecified atom stereocenters. The quantitative estimate of drug-likeness (QED) is 0.752. The highest BCUT2D eigenvalue weighted by molar-refractivity contribution is 6.00. The third-order valence-corrected chi connectivity index (χ3v) is 4.84. The molecular formula is C22H26N2O3. The Balaban J connectivity index is 1.69. The molecule has 0 radical (unpaired) electrons. The van der Waals surface area contributed by atoms with Gasteiger partial charge in [-0.3, -0.25) is 9.59 Å². The van der Waals surface area contributed by atoms with Gasteiger partial charge in [-0.05, 0) is 31.0 Å². The van der Waals surface area contributed by atoms with Crippen molar-refractivity contribution < 1.29 is 14.3 Å². The van der Waals surface area contributed by atoms with E-state index in [-0.39, 0.29) is 18.2 Å². The minimum absolute atomic E-state index is 0.0474. The summed E-state index contributed by atoms with van der Waals surface area (Å²) >= 11 is 0. The Bertz CT molecular complexity index is 791. The van der Waals surface area contributed by atoms with E-state index in [1.165, 1.54) is 0 Å². The monoisotopic (exact) mass is 366 g/mol. The molecule has 5 nitrogen and oxygen atoms in total. The lowest BCUT2D eigenvalue weighted by atomic mass is 10.1. The number of ether oxygens (including phenoxy) is 1. The van der Waals surface area contributed by atoms with Gasteiger partial charge in [0.2, 0.25) is 5.91 Å². The first-order valence-corrected chi connectivity index (χ1v) is 9.52. The van der Waals surface area contributed by atoms with Crippen LogP contribution in [-0.4, -0.2) is 35.9 Å². The van der Waals surface area contributed by atoms with E-state index in [1.807, 2.05) is 73.3 Å². The molecule has 27 heavy (non-hydrogen) atoms. The molecule has 5 heteroatoms. The molecule has 0 spiro atoms. The normalized spacial score (nSPS) is 15.9. The predicted octanol–water partition coefficient (Wildman–Crippen LogP) is 3.63. The first-order valence-electron chi connectivity index (χ1n) is 9.52. The number of rotatable bonds is 7. The number of para-hydroxylation sites is 2.